The van der Waals surface area contributed by atoms with Crippen molar-refractivity contribution < 1.29 is 7.26 Å². The molecule has 2 atom stereocenters. The average Bonchev–Trinajstić information content (AvgIpc) is 2.64. The highest BCUT2D eigenvalue weighted by Gasteiger charge is 2.62. The van der Waals surface area contributed by atoms with Crippen LogP contribution in [0.3, 0.4) is 0 Å². The minimum absolute atomic E-state index is 0.00477. The molecule has 1 aliphatic heterocycles. The van der Waals surface area contributed by atoms with Crippen molar-refractivity contribution in [3.05, 3.63) is 11.7 Å². The third-order valence-electron chi connectivity index (χ3n) is 2.71. The lowest BCUT2D eigenvalue weighted by atomic mass is 10.1. The number of hydrogen-bond acceptors (Lipinski definition) is 4. The predicted octanol–water partition coefficient (Wildman–Crippen LogP) is 0.239. The van der Waals surface area contributed by atoms with Gasteiger partial charge in [-0.2, -0.15) is 4.98 Å². The second-order valence-electron chi connectivity index (χ2n) is 3.56. The molecule has 2 heterocycles. The normalized spacial score (nSPS) is 44.9. The summed E-state index contributed by atoms with van der Waals surface area (Å²) in [4.78, 5) is 4.19. The molecule has 0 aromatic carbocycles. The van der Waals surface area contributed by atoms with Crippen molar-refractivity contribution in [2.24, 2.45) is 5.92 Å². The fraction of sp³-hybridized carbons (Fsp3) is 0.750. The van der Waals surface area contributed by atoms with Crippen LogP contribution in [0.1, 0.15) is 20.9 Å². The largest absolute Gasteiger partial charge is 0.339 e. The van der Waals surface area contributed by atoms with E-state index < -0.39 is 6.50 Å². The van der Waals surface area contributed by atoms with Gasteiger partial charge in [-0.05, 0) is 25.8 Å². The van der Waals surface area contributed by atoms with Crippen LogP contribution in [0, 0.1) is 12.8 Å². The lowest BCUT2D eigenvalue weighted by Gasteiger charge is -2.02. The Bertz CT molecular complexity index is 392. The molecular formula is C8H11N3O. The van der Waals surface area contributed by atoms with Crippen molar-refractivity contribution in [2.45, 2.75) is 18.8 Å². The van der Waals surface area contributed by atoms with E-state index >= 15 is 0 Å². The van der Waals surface area contributed by atoms with Crippen molar-refractivity contribution in [3.63, 3.8) is 0 Å². The van der Waals surface area contributed by atoms with Gasteiger partial charge >= 0.3 is 0 Å². The summed E-state index contributed by atoms with van der Waals surface area (Å²) in [6.07, 6.45) is 0.814. The lowest BCUT2D eigenvalue weighted by Crippen LogP contribution is -2.19. The summed E-state index contributed by atoms with van der Waals surface area (Å²) >= 11 is 0. The van der Waals surface area contributed by atoms with Crippen LogP contribution >= 0.6 is 0 Å². The number of aryl methyl sites for hydroxylation is 1. The van der Waals surface area contributed by atoms with Crippen molar-refractivity contribution in [3.8, 4) is 0 Å². The zero-order chi connectivity index (χ0) is 9.97. The van der Waals surface area contributed by atoms with Crippen molar-refractivity contribution in [1.82, 2.24) is 15.5 Å². The Balaban J connectivity index is 1.96. The highest BCUT2D eigenvalue weighted by Crippen LogP contribution is 2.55. The number of fused-ring (bicyclic) bond motifs is 1. The molecule has 0 unspecified atom stereocenters. The maximum absolute atomic E-state index is 7.68. The lowest BCUT2D eigenvalue weighted by molar-refractivity contribution is 0.343. The molecule has 0 radical (unpaired) electrons. The first-order valence-electron chi connectivity index (χ1n) is 5.10. The molecule has 4 heteroatoms. The van der Waals surface area contributed by atoms with Crippen LogP contribution in [0.4, 0.5) is 0 Å². The number of aromatic nitrogens is 2. The molecular weight excluding hydrogens is 154 g/mol. The summed E-state index contributed by atoms with van der Waals surface area (Å²) in [5, 5.41) is 6.59. The van der Waals surface area contributed by atoms with E-state index in [2.05, 4.69) is 15.5 Å². The third kappa shape index (κ3) is 0.659. The summed E-state index contributed by atoms with van der Waals surface area (Å²) in [6.45, 7) is 1.10. The Kier molecular flexibility index (Phi) is 0.777. The monoisotopic (exact) mass is 167 g/mol. The molecule has 0 spiro atoms. The van der Waals surface area contributed by atoms with E-state index in [1.807, 2.05) is 0 Å². The average molecular weight is 167 g/mol. The maximum atomic E-state index is 7.68. The Morgan fingerprint density at radius 2 is 2.75 bits per heavy atom. The van der Waals surface area contributed by atoms with Crippen LogP contribution < -0.4 is 5.32 Å². The van der Waals surface area contributed by atoms with Crippen LogP contribution in [-0.2, 0) is 5.41 Å². The summed E-state index contributed by atoms with van der Waals surface area (Å²) in [6, 6.07) is 0. The molecule has 2 fully saturated rings. The SMILES string of the molecule is [2H]C1([2H])NC[C@]2(c3nc(C)no3)C[C@H]12. The Hall–Kier alpha value is -0.900. The van der Waals surface area contributed by atoms with Crippen LogP contribution in [-0.4, -0.2) is 23.2 Å². The van der Waals surface area contributed by atoms with E-state index in [1.54, 1.807) is 6.92 Å². The van der Waals surface area contributed by atoms with Gasteiger partial charge in [0, 0.05) is 9.29 Å². The molecule has 12 heavy (non-hydrogen) atoms. The summed E-state index contributed by atoms with van der Waals surface area (Å²) in [5.74, 6) is 1.20. The van der Waals surface area contributed by atoms with Gasteiger partial charge in [0.15, 0.2) is 5.82 Å². The van der Waals surface area contributed by atoms with Gasteiger partial charge in [-0.1, -0.05) is 5.16 Å². The van der Waals surface area contributed by atoms with Crippen LogP contribution in [0.15, 0.2) is 4.52 Å². The zero-order valence-electron chi connectivity index (χ0n) is 8.79. The summed E-state index contributed by atoms with van der Waals surface area (Å²) in [7, 11) is 0. The Morgan fingerprint density at radius 3 is 3.25 bits per heavy atom. The topological polar surface area (TPSA) is 51.0 Å². The first-order chi connectivity index (χ1) is 6.55. The Labute approximate surface area is 73.2 Å². The van der Waals surface area contributed by atoms with E-state index in [1.165, 1.54) is 0 Å². The highest BCUT2D eigenvalue weighted by atomic mass is 16.5. The Morgan fingerprint density at radius 1 is 1.83 bits per heavy atom. The summed E-state index contributed by atoms with van der Waals surface area (Å²) < 4.78 is 20.5. The number of hydrogen-bond donors (Lipinski definition) is 1. The molecule has 4 nitrogen and oxygen atoms in total. The minimum atomic E-state index is -1.28. The van der Waals surface area contributed by atoms with Gasteiger partial charge in [0.1, 0.15) is 0 Å². The van der Waals surface area contributed by atoms with Gasteiger partial charge in [0.05, 0.1) is 5.41 Å². The van der Waals surface area contributed by atoms with Gasteiger partial charge < -0.3 is 9.84 Å². The second-order valence-corrected chi connectivity index (χ2v) is 3.56. The van der Waals surface area contributed by atoms with E-state index in [0.717, 1.165) is 6.42 Å². The molecule has 0 amide bonds. The zero-order valence-corrected chi connectivity index (χ0v) is 6.79. The minimum Gasteiger partial charge on any atom is -0.339 e. The number of nitrogens with zero attached hydrogens (tertiary/aromatic N) is 2. The number of nitrogens with one attached hydrogen (secondary N) is 1. The molecule has 1 saturated heterocycles. The smallest absolute Gasteiger partial charge is 0.234 e. The fourth-order valence-electron chi connectivity index (χ4n) is 1.83. The number of rotatable bonds is 1. The van der Waals surface area contributed by atoms with Crippen LogP contribution in [0.25, 0.3) is 0 Å². The standard InChI is InChI=1S/C8H11N3O/c1-5-10-7(12-11-5)8-2-6(8)3-9-4-8/h6,9H,2-4H2,1H3/t6-,8-/m1/s1/i3D2. The molecule has 1 saturated carbocycles. The molecule has 1 aromatic heterocycles. The molecule has 1 N–H and O–H groups in total. The van der Waals surface area contributed by atoms with Crippen LogP contribution in [0.5, 0.6) is 0 Å². The van der Waals surface area contributed by atoms with E-state index in [4.69, 9.17) is 7.26 Å². The van der Waals surface area contributed by atoms with Crippen molar-refractivity contribution in [1.29, 1.82) is 0 Å². The van der Waals surface area contributed by atoms with E-state index in [-0.39, 0.29) is 11.3 Å². The number of piperidine rings is 1. The van der Waals surface area contributed by atoms with Crippen molar-refractivity contribution >= 4 is 0 Å². The molecule has 1 aromatic rings. The van der Waals surface area contributed by atoms with E-state index in [0.29, 0.717) is 18.3 Å². The van der Waals surface area contributed by atoms with Gasteiger partial charge in [-0.25, -0.2) is 0 Å². The molecule has 2 aliphatic rings. The third-order valence-corrected chi connectivity index (χ3v) is 2.71. The second kappa shape index (κ2) is 1.88. The highest BCUT2D eigenvalue weighted by molar-refractivity contribution is 5.25. The van der Waals surface area contributed by atoms with E-state index in [9.17, 15) is 0 Å². The predicted molar refractivity (Wildman–Crippen MR) is 41.7 cm³/mol. The molecule has 1 aliphatic carbocycles. The maximum Gasteiger partial charge on any atom is 0.234 e. The molecule has 3 rings (SSSR count). The fourth-order valence-corrected chi connectivity index (χ4v) is 1.83. The first-order valence-corrected chi connectivity index (χ1v) is 4.10. The molecule has 64 valence electrons. The first kappa shape index (κ1) is 4.97. The van der Waals surface area contributed by atoms with Gasteiger partial charge in [-0.15, -0.1) is 0 Å². The van der Waals surface area contributed by atoms with Gasteiger partial charge in [-0.3, -0.25) is 0 Å². The van der Waals surface area contributed by atoms with Crippen LogP contribution in [0.2, 0.25) is 0 Å². The summed E-state index contributed by atoms with van der Waals surface area (Å²) in [5.41, 5.74) is -0.217. The quantitative estimate of drug-likeness (QED) is 0.651. The van der Waals surface area contributed by atoms with Gasteiger partial charge in [0.25, 0.3) is 0 Å². The van der Waals surface area contributed by atoms with Gasteiger partial charge in [0.2, 0.25) is 5.89 Å². The van der Waals surface area contributed by atoms with Crippen molar-refractivity contribution in [2.75, 3.05) is 13.0 Å². The molecule has 0 bridgehead atoms.